The van der Waals surface area contributed by atoms with Crippen molar-refractivity contribution >= 4 is 27.3 Å². The fraction of sp³-hybridized carbons (Fsp3) is 0.476. The number of nitrogens with one attached hydrogen (secondary N) is 1. The first-order valence-electron chi connectivity index (χ1n) is 10.0. The highest BCUT2D eigenvalue weighted by atomic mass is 32.3. The Balaban J connectivity index is 0.000000393. The van der Waals surface area contributed by atoms with Crippen LogP contribution >= 0.6 is 0 Å². The highest BCUT2D eigenvalue weighted by Crippen LogP contribution is 2.53. The summed E-state index contributed by atoms with van der Waals surface area (Å²) in [5.74, 6) is 0.345. The van der Waals surface area contributed by atoms with Crippen molar-refractivity contribution in [2.45, 2.75) is 37.6 Å². The number of ether oxygens (including phenoxy) is 1. The normalized spacial score (nSPS) is 29.3. The van der Waals surface area contributed by atoms with Gasteiger partial charge in [0.25, 0.3) is 0 Å². The average molecular weight is 435 g/mol. The van der Waals surface area contributed by atoms with Crippen LogP contribution in [0.25, 0.3) is 10.9 Å². The largest absolute Gasteiger partial charge is 0.468 e. The summed E-state index contributed by atoms with van der Waals surface area (Å²) in [7, 11) is -3.13. The average Bonchev–Trinajstić information content (AvgIpc) is 3.04. The number of methoxy groups -OCH3 is 1. The molecule has 1 aromatic carbocycles. The van der Waals surface area contributed by atoms with Crippen LogP contribution in [0.5, 0.6) is 0 Å². The van der Waals surface area contributed by atoms with Crippen molar-refractivity contribution in [3.8, 4) is 0 Å². The molecule has 8 nitrogen and oxygen atoms in total. The lowest BCUT2D eigenvalue weighted by Gasteiger charge is -2.53. The molecular formula is C21H26N2O6S. The Morgan fingerprint density at radius 2 is 2.03 bits per heavy atom. The molecule has 9 heteroatoms. The molecule has 0 amide bonds. The zero-order valence-corrected chi connectivity index (χ0v) is 17.8. The zero-order valence-electron chi connectivity index (χ0n) is 17.0. The van der Waals surface area contributed by atoms with Gasteiger partial charge in [0.2, 0.25) is 0 Å². The van der Waals surface area contributed by atoms with Gasteiger partial charge in [0, 0.05) is 29.7 Å². The quantitative estimate of drug-likeness (QED) is 0.377. The minimum Gasteiger partial charge on any atom is -0.468 e. The number of carbonyl (C=O) groups excluding carboxylic acids is 1. The van der Waals surface area contributed by atoms with Crippen LogP contribution in [0.1, 0.15) is 31.0 Å². The van der Waals surface area contributed by atoms with E-state index in [4.69, 9.17) is 22.3 Å². The zero-order chi connectivity index (χ0) is 21.7. The molecule has 3 aliphatic heterocycles. The van der Waals surface area contributed by atoms with Gasteiger partial charge in [-0.15, -0.1) is 0 Å². The number of aromatic amines is 1. The Morgan fingerprint density at radius 3 is 2.70 bits per heavy atom. The number of H-pyrrole nitrogens is 1. The van der Waals surface area contributed by atoms with Gasteiger partial charge < -0.3 is 9.72 Å². The molecule has 4 atom stereocenters. The second-order valence-corrected chi connectivity index (χ2v) is 9.04. The number of hydrogen-bond acceptors (Lipinski definition) is 5. The number of aromatic nitrogens is 1. The lowest BCUT2D eigenvalue weighted by molar-refractivity contribution is -0.154. The second kappa shape index (κ2) is 7.49. The van der Waals surface area contributed by atoms with E-state index >= 15 is 0 Å². The molecule has 1 aromatic heterocycles. The third kappa shape index (κ3) is 3.35. The van der Waals surface area contributed by atoms with Crippen LogP contribution in [-0.4, -0.2) is 59.6 Å². The maximum Gasteiger partial charge on any atom is 0.394 e. The van der Waals surface area contributed by atoms with E-state index < -0.39 is 15.8 Å². The van der Waals surface area contributed by atoms with Crippen molar-refractivity contribution in [2.75, 3.05) is 20.2 Å². The van der Waals surface area contributed by atoms with Gasteiger partial charge in [-0.2, -0.15) is 8.42 Å². The number of carbonyl (C=O) groups is 1. The number of fused-ring (bicyclic) bond motifs is 3. The summed E-state index contributed by atoms with van der Waals surface area (Å²) in [4.78, 5) is 19.4. The molecule has 4 heterocycles. The van der Waals surface area contributed by atoms with E-state index in [-0.39, 0.29) is 12.0 Å². The summed E-state index contributed by atoms with van der Waals surface area (Å²) in [6.45, 7) is 4.28. The fourth-order valence-corrected chi connectivity index (χ4v) is 5.71. The lowest BCUT2D eigenvalue weighted by atomic mass is 9.60. The van der Waals surface area contributed by atoms with E-state index in [1.165, 1.54) is 23.6 Å². The minimum absolute atomic E-state index is 0.0824. The van der Waals surface area contributed by atoms with Gasteiger partial charge in [-0.3, -0.25) is 18.8 Å². The molecule has 0 radical (unpaired) electrons. The maximum absolute atomic E-state index is 13.2. The third-order valence-corrected chi connectivity index (χ3v) is 6.55. The summed E-state index contributed by atoms with van der Waals surface area (Å²) in [5.41, 5.74) is 4.36. The van der Waals surface area contributed by atoms with Gasteiger partial charge in [-0.25, -0.2) is 0 Å². The molecule has 4 bridgehead atoms. The van der Waals surface area contributed by atoms with Crippen LogP contribution in [0, 0.1) is 5.92 Å². The number of esters is 1. The Kier molecular flexibility index (Phi) is 5.26. The Morgan fingerprint density at radius 1 is 1.33 bits per heavy atom. The summed E-state index contributed by atoms with van der Waals surface area (Å²) in [6, 6.07) is 8.56. The molecule has 0 spiro atoms. The molecule has 2 aromatic rings. The molecule has 4 aliphatic rings. The smallest absolute Gasteiger partial charge is 0.394 e. The molecule has 1 saturated heterocycles. The molecule has 3 N–H and O–H groups in total. The minimum atomic E-state index is -4.67. The first-order valence-corrected chi connectivity index (χ1v) is 11.4. The number of para-hydroxylation sites is 1. The van der Waals surface area contributed by atoms with Crippen LogP contribution in [0.4, 0.5) is 0 Å². The van der Waals surface area contributed by atoms with E-state index in [1.807, 2.05) is 0 Å². The highest BCUT2D eigenvalue weighted by Gasteiger charge is 2.60. The molecule has 1 fully saturated rings. The standard InChI is InChI=1S/C21H24N2O2.H2O4S/c1-3-14-10-13-11-21(20(24)25-2)18-16(8-9-23(12-13)19(14)21)15-6-4-5-7-17(15)22-18;1-5(2,3)4/h4-7,10,13,19,22H,3,8-9,11-12H2,1-2H3;(H2,1,2,3,4)/t13?,19?,21-;/m0./s1. The van der Waals surface area contributed by atoms with Gasteiger partial charge in [0.1, 0.15) is 5.41 Å². The molecule has 0 saturated carbocycles. The molecule has 162 valence electrons. The van der Waals surface area contributed by atoms with Gasteiger partial charge in [-0.05, 0) is 36.8 Å². The van der Waals surface area contributed by atoms with Crippen LogP contribution in [0.3, 0.4) is 0 Å². The SMILES string of the molecule is CCC1=CC2CN3CCc4c([nH]c5ccccc45)[C@@](C(=O)OC)(C2)C13.O=S(=O)(O)O. The predicted octanol–water partition coefficient (Wildman–Crippen LogP) is 2.52. The van der Waals surface area contributed by atoms with Gasteiger partial charge in [-0.1, -0.05) is 36.8 Å². The number of hydrogen-bond donors (Lipinski definition) is 3. The van der Waals surface area contributed by atoms with Crippen molar-refractivity contribution in [1.29, 1.82) is 0 Å². The molecule has 30 heavy (non-hydrogen) atoms. The fourth-order valence-electron chi connectivity index (χ4n) is 5.71. The van der Waals surface area contributed by atoms with E-state index in [1.54, 1.807) is 0 Å². The Labute approximate surface area is 175 Å². The van der Waals surface area contributed by atoms with Crippen LogP contribution < -0.4 is 0 Å². The van der Waals surface area contributed by atoms with Crippen molar-refractivity contribution in [2.24, 2.45) is 5.92 Å². The summed E-state index contributed by atoms with van der Waals surface area (Å²) >= 11 is 0. The monoisotopic (exact) mass is 434 g/mol. The topological polar surface area (TPSA) is 120 Å². The van der Waals surface area contributed by atoms with E-state index in [0.717, 1.165) is 43.6 Å². The number of nitrogens with zero attached hydrogens (tertiary/aromatic N) is 1. The Bertz CT molecular complexity index is 1110. The molecule has 3 unspecified atom stereocenters. The van der Waals surface area contributed by atoms with Crippen molar-refractivity contribution in [3.05, 3.63) is 47.2 Å². The number of piperidine rings is 1. The Hall–Kier alpha value is -2.20. The van der Waals surface area contributed by atoms with E-state index in [2.05, 4.69) is 47.1 Å². The van der Waals surface area contributed by atoms with Gasteiger partial charge in [0.15, 0.2) is 0 Å². The summed E-state index contributed by atoms with van der Waals surface area (Å²) < 4.78 is 37.0. The first-order chi connectivity index (χ1) is 14.2. The molecular weight excluding hydrogens is 408 g/mol. The van der Waals surface area contributed by atoms with E-state index in [0.29, 0.717) is 5.92 Å². The highest BCUT2D eigenvalue weighted by molar-refractivity contribution is 7.79. The van der Waals surface area contributed by atoms with Crippen molar-refractivity contribution in [3.63, 3.8) is 0 Å². The van der Waals surface area contributed by atoms with Gasteiger partial charge >= 0.3 is 16.4 Å². The third-order valence-electron chi connectivity index (χ3n) is 6.55. The van der Waals surface area contributed by atoms with E-state index in [9.17, 15) is 4.79 Å². The summed E-state index contributed by atoms with van der Waals surface area (Å²) in [6.07, 6.45) is 5.25. The maximum atomic E-state index is 13.2. The molecule has 6 rings (SSSR count). The first kappa shape index (κ1) is 21.0. The lowest BCUT2D eigenvalue weighted by Crippen LogP contribution is -2.63. The molecule has 1 aliphatic carbocycles. The number of benzene rings is 1. The predicted molar refractivity (Wildman–Crippen MR) is 112 cm³/mol. The second-order valence-electron chi connectivity index (χ2n) is 8.14. The van der Waals surface area contributed by atoms with Crippen molar-refractivity contribution in [1.82, 2.24) is 9.88 Å². The van der Waals surface area contributed by atoms with Crippen LogP contribution in [0.2, 0.25) is 0 Å². The van der Waals surface area contributed by atoms with Gasteiger partial charge in [0.05, 0.1) is 13.2 Å². The number of rotatable bonds is 2. The van der Waals surface area contributed by atoms with Crippen LogP contribution in [-0.2, 0) is 31.8 Å². The summed E-state index contributed by atoms with van der Waals surface area (Å²) in [5, 5.41) is 1.26. The van der Waals surface area contributed by atoms with Crippen LogP contribution in [0.15, 0.2) is 35.9 Å². The van der Waals surface area contributed by atoms with Crippen molar-refractivity contribution < 1.29 is 27.1 Å².